The van der Waals surface area contributed by atoms with E-state index < -0.39 is 0 Å². The minimum Gasteiger partial charge on any atom is -0.493 e. The third kappa shape index (κ3) is 6.12. The lowest BCUT2D eigenvalue weighted by Gasteiger charge is -2.37. The third-order valence-electron chi connectivity index (χ3n) is 4.74. The average molecular weight is 511 g/mol. The molecule has 1 aromatic carbocycles. The average Bonchev–Trinajstić information content (AvgIpc) is 2.76. The van der Waals surface area contributed by atoms with Crippen molar-refractivity contribution in [3.05, 3.63) is 48.2 Å². The number of rotatable bonds is 6. The van der Waals surface area contributed by atoms with E-state index in [9.17, 15) is 0 Å². The number of aromatic nitrogens is 1. The van der Waals surface area contributed by atoms with Gasteiger partial charge in [0.05, 0.1) is 13.7 Å². The van der Waals surface area contributed by atoms with E-state index in [1.807, 2.05) is 50.5 Å². The van der Waals surface area contributed by atoms with Crippen LogP contribution in [-0.4, -0.2) is 62.8 Å². The summed E-state index contributed by atoms with van der Waals surface area (Å²) in [5.74, 6) is 3.46. The van der Waals surface area contributed by atoms with Gasteiger partial charge in [-0.2, -0.15) is 0 Å². The van der Waals surface area contributed by atoms with E-state index in [0.29, 0.717) is 13.2 Å². The van der Waals surface area contributed by atoms with Crippen molar-refractivity contribution in [1.29, 1.82) is 0 Å². The molecule has 1 aliphatic rings. The van der Waals surface area contributed by atoms with Crippen LogP contribution in [0.4, 0.5) is 5.82 Å². The predicted molar refractivity (Wildman–Crippen MR) is 128 cm³/mol. The van der Waals surface area contributed by atoms with Gasteiger partial charge < -0.3 is 24.6 Å². The van der Waals surface area contributed by atoms with Crippen molar-refractivity contribution in [2.45, 2.75) is 13.5 Å². The zero-order chi connectivity index (χ0) is 19.8. The van der Waals surface area contributed by atoms with Crippen molar-refractivity contribution in [3.63, 3.8) is 0 Å². The van der Waals surface area contributed by atoms with Crippen LogP contribution in [0.2, 0.25) is 0 Å². The number of pyridine rings is 1. The van der Waals surface area contributed by atoms with Gasteiger partial charge in [-0.3, -0.25) is 4.99 Å². The summed E-state index contributed by atoms with van der Waals surface area (Å²) in [5, 5.41) is 3.46. The number of ether oxygens (including phenoxy) is 2. The van der Waals surface area contributed by atoms with Crippen LogP contribution < -0.4 is 19.7 Å². The van der Waals surface area contributed by atoms with E-state index >= 15 is 0 Å². The number of piperazine rings is 1. The van der Waals surface area contributed by atoms with Crippen molar-refractivity contribution in [1.82, 2.24) is 15.2 Å². The summed E-state index contributed by atoms with van der Waals surface area (Å²) in [7, 11) is 3.48. The Morgan fingerprint density at radius 3 is 2.55 bits per heavy atom. The molecule has 2 heterocycles. The molecule has 8 heteroatoms. The molecule has 3 rings (SSSR count). The van der Waals surface area contributed by atoms with Crippen molar-refractivity contribution >= 4 is 35.8 Å². The molecular formula is C21H30IN5O2. The Morgan fingerprint density at radius 2 is 1.93 bits per heavy atom. The molecule has 0 bridgehead atoms. The van der Waals surface area contributed by atoms with Crippen LogP contribution >= 0.6 is 24.0 Å². The molecule has 1 saturated heterocycles. The van der Waals surface area contributed by atoms with Gasteiger partial charge in [-0.15, -0.1) is 24.0 Å². The van der Waals surface area contributed by atoms with Crippen molar-refractivity contribution in [3.8, 4) is 11.5 Å². The number of anilines is 1. The molecule has 0 radical (unpaired) electrons. The van der Waals surface area contributed by atoms with Crippen LogP contribution in [0.5, 0.6) is 11.5 Å². The lowest BCUT2D eigenvalue weighted by molar-refractivity contribution is 0.310. The molecule has 7 nitrogen and oxygen atoms in total. The van der Waals surface area contributed by atoms with Crippen LogP contribution in [0.1, 0.15) is 12.5 Å². The van der Waals surface area contributed by atoms with E-state index in [4.69, 9.17) is 9.47 Å². The maximum atomic E-state index is 5.67. The summed E-state index contributed by atoms with van der Waals surface area (Å²) >= 11 is 0. The predicted octanol–water partition coefficient (Wildman–Crippen LogP) is 3.00. The van der Waals surface area contributed by atoms with Gasteiger partial charge in [0.1, 0.15) is 5.82 Å². The summed E-state index contributed by atoms with van der Waals surface area (Å²) in [6, 6.07) is 12.0. The Morgan fingerprint density at radius 1 is 1.14 bits per heavy atom. The molecule has 0 amide bonds. The Bertz CT molecular complexity index is 780. The van der Waals surface area contributed by atoms with Crippen LogP contribution in [0.3, 0.4) is 0 Å². The maximum Gasteiger partial charge on any atom is 0.194 e. The number of nitrogens with one attached hydrogen (secondary N) is 1. The van der Waals surface area contributed by atoms with Crippen molar-refractivity contribution < 1.29 is 9.47 Å². The number of nitrogens with zero attached hydrogens (tertiary/aromatic N) is 4. The molecule has 0 aliphatic carbocycles. The molecule has 1 fully saturated rings. The lowest BCUT2D eigenvalue weighted by Crippen LogP contribution is -2.52. The number of benzene rings is 1. The zero-order valence-corrected chi connectivity index (χ0v) is 19.6. The Hall–Kier alpha value is -2.23. The van der Waals surface area contributed by atoms with Gasteiger partial charge in [0.25, 0.3) is 0 Å². The van der Waals surface area contributed by atoms with E-state index in [-0.39, 0.29) is 24.0 Å². The normalized spacial score (nSPS) is 14.2. The SMILES string of the molecule is CCOc1cc(CNC(=NC)N2CCN(c3ccccn3)CC2)ccc1OC.I. The van der Waals surface area contributed by atoms with Gasteiger partial charge in [-0.1, -0.05) is 12.1 Å². The highest BCUT2D eigenvalue weighted by Crippen LogP contribution is 2.28. The standard InChI is InChI=1S/C21H29N5O2.HI/c1-4-28-19-15-17(8-9-18(19)27-3)16-24-21(22-2)26-13-11-25(12-14-26)20-7-5-6-10-23-20;/h5-10,15H,4,11-14,16H2,1-3H3,(H,22,24);1H. The summed E-state index contributed by atoms with van der Waals surface area (Å²) in [5.41, 5.74) is 1.12. The van der Waals surface area contributed by atoms with Gasteiger partial charge in [0.2, 0.25) is 0 Å². The quantitative estimate of drug-likeness (QED) is 0.366. The van der Waals surface area contributed by atoms with E-state index in [1.165, 1.54) is 0 Å². The Labute approximate surface area is 190 Å². The second-order valence-corrected chi connectivity index (χ2v) is 6.48. The fourth-order valence-electron chi connectivity index (χ4n) is 3.30. The molecule has 1 aliphatic heterocycles. The van der Waals surface area contributed by atoms with Gasteiger partial charge in [-0.25, -0.2) is 4.98 Å². The summed E-state index contributed by atoms with van der Waals surface area (Å²) in [4.78, 5) is 13.5. The fourth-order valence-corrected chi connectivity index (χ4v) is 3.30. The smallest absolute Gasteiger partial charge is 0.194 e. The Kier molecular flexibility index (Phi) is 9.30. The van der Waals surface area contributed by atoms with Crippen LogP contribution in [0, 0.1) is 0 Å². The van der Waals surface area contributed by atoms with Crippen molar-refractivity contribution in [2.24, 2.45) is 4.99 Å². The summed E-state index contributed by atoms with van der Waals surface area (Å²) < 4.78 is 11.0. The summed E-state index contributed by atoms with van der Waals surface area (Å²) in [6.45, 7) is 6.92. The topological polar surface area (TPSA) is 62.2 Å². The lowest BCUT2D eigenvalue weighted by atomic mass is 10.2. The van der Waals surface area contributed by atoms with Gasteiger partial charge in [0, 0.05) is 46.0 Å². The van der Waals surface area contributed by atoms with Gasteiger partial charge in [-0.05, 0) is 36.8 Å². The number of guanidine groups is 1. The van der Waals surface area contributed by atoms with Crippen LogP contribution in [0.25, 0.3) is 0 Å². The monoisotopic (exact) mass is 511 g/mol. The first kappa shape index (κ1) is 23.1. The molecule has 29 heavy (non-hydrogen) atoms. The number of halogens is 1. The van der Waals surface area contributed by atoms with Crippen LogP contribution in [-0.2, 0) is 6.54 Å². The van der Waals surface area contributed by atoms with E-state index in [0.717, 1.165) is 55.0 Å². The number of hydrogen-bond acceptors (Lipinski definition) is 5. The highest BCUT2D eigenvalue weighted by atomic mass is 127. The summed E-state index contributed by atoms with van der Waals surface area (Å²) in [6.07, 6.45) is 1.84. The second-order valence-electron chi connectivity index (χ2n) is 6.48. The molecule has 1 N–H and O–H groups in total. The van der Waals surface area contributed by atoms with Gasteiger partial charge in [0.15, 0.2) is 17.5 Å². The first-order valence-electron chi connectivity index (χ1n) is 9.66. The molecule has 0 saturated carbocycles. The molecule has 1 aromatic heterocycles. The molecule has 0 spiro atoms. The largest absolute Gasteiger partial charge is 0.493 e. The first-order chi connectivity index (χ1) is 13.7. The molecular weight excluding hydrogens is 481 g/mol. The number of aliphatic imine (C=N–C) groups is 1. The molecule has 2 aromatic rings. The molecule has 0 unspecified atom stereocenters. The number of hydrogen-bond donors (Lipinski definition) is 1. The Balaban J connectivity index is 0.00000300. The second kappa shape index (κ2) is 11.7. The molecule has 158 valence electrons. The minimum atomic E-state index is 0. The van der Waals surface area contributed by atoms with Gasteiger partial charge >= 0.3 is 0 Å². The first-order valence-corrected chi connectivity index (χ1v) is 9.66. The minimum absolute atomic E-state index is 0. The highest BCUT2D eigenvalue weighted by molar-refractivity contribution is 14.0. The van der Waals surface area contributed by atoms with Crippen LogP contribution in [0.15, 0.2) is 47.6 Å². The van der Waals surface area contributed by atoms with E-state index in [2.05, 4.69) is 31.2 Å². The van der Waals surface area contributed by atoms with E-state index in [1.54, 1.807) is 7.11 Å². The highest BCUT2D eigenvalue weighted by Gasteiger charge is 2.20. The third-order valence-corrected chi connectivity index (χ3v) is 4.74. The van der Waals surface area contributed by atoms with Crippen molar-refractivity contribution in [2.75, 3.05) is 51.8 Å². The number of methoxy groups -OCH3 is 1. The molecule has 0 atom stereocenters. The maximum absolute atomic E-state index is 5.67. The fraction of sp³-hybridized carbons (Fsp3) is 0.429. The zero-order valence-electron chi connectivity index (χ0n) is 17.3.